The number of carbonyl (C=O) groups is 2. The Bertz CT molecular complexity index is 830. The summed E-state index contributed by atoms with van der Waals surface area (Å²) < 4.78 is 13.1. The molecule has 5 nitrogen and oxygen atoms in total. The highest BCUT2D eigenvalue weighted by atomic mass is 19.1. The third-order valence-corrected chi connectivity index (χ3v) is 8.81. The summed E-state index contributed by atoms with van der Waals surface area (Å²) in [6.45, 7) is 4.91. The van der Waals surface area contributed by atoms with Crippen molar-refractivity contribution in [3.63, 3.8) is 0 Å². The van der Waals surface area contributed by atoms with E-state index in [0.29, 0.717) is 23.9 Å². The lowest BCUT2D eigenvalue weighted by atomic mass is 9.78. The molecule has 6 heteroatoms. The maximum absolute atomic E-state index is 13.1. The van der Waals surface area contributed by atoms with Crippen LogP contribution in [0.5, 0.6) is 0 Å². The Hall–Kier alpha value is -1.79. The van der Waals surface area contributed by atoms with Crippen molar-refractivity contribution in [3.05, 3.63) is 35.6 Å². The number of benzene rings is 1. The first-order chi connectivity index (χ1) is 16.8. The second kappa shape index (κ2) is 12.0. The van der Waals surface area contributed by atoms with Crippen molar-refractivity contribution in [3.8, 4) is 0 Å². The van der Waals surface area contributed by atoms with Crippen molar-refractivity contribution >= 4 is 11.7 Å². The highest BCUT2D eigenvalue weighted by molar-refractivity contribution is 5.97. The quantitative estimate of drug-likeness (QED) is 0.501. The summed E-state index contributed by atoms with van der Waals surface area (Å²) in [4.78, 5) is 27.7. The molecule has 3 fully saturated rings. The number of aliphatic hydroxyl groups is 1. The topological polar surface area (TPSA) is 69.6 Å². The second-order valence-corrected chi connectivity index (χ2v) is 11.7. The maximum atomic E-state index is 13.1. The summed E-state index contributed by atoms with van der Waals surface area (Å²) in [6, 6.07) is 6.25. The van der Waals surface area contributed by atoms with Gasteiger partial charge in [0, 0.05) is 23.9 Å². The van der Waals surface area contributed by atoms with Crippen molar-refractivity contribution in [2.24, 2.45) is 17.8 Å². The van der Waals surface area contributed by atoms with Crippen LogP contribution >= 0.6 is 0 Å². The van der Waals surface area contributed by atoms with Crippen LogP contribution in [0.2, 0.25) is 0 Å². The number of halogens is 1. The molecule has 0 bridgehead atoms. The van der Waals surface area contributed by atoms with E-state index in [1.54, 1.807) is 12.1 Å². The fourth-order valence-electron chi connectivity index (χ4n) is 6.28. The monoisotopic (exact) mass is 486 g/mol. The van der Waals surface area contributed by atoms with Gasteiger partial charge in [-0.1, -0.05) is 0 Å². The minimum atomic E-state index is -0.539. The van der Waals surface area contributed by atoms with Crippen LogP contribution < -0.4 is 5.32 Å². The first-order valence-electron chi connectivity index (χ1n) is 13.8. The van der Waals surface area contributed by atoms with Crippen LogP contribution in [0.1, 0.15) is 94.3 Å². The molecule has 3 aliphatic rings. The van der Waals surface area contributed by atoms with Gasteiger partial charge in [0.1, 0.15) is 5.82 Å². The van der Waals surface area contributed by atoms with Gasteiger partial charge in [-0.3, -0.25) is 9.59 Å². The molecule has 0 radical (unpaired) electrons. The van der Waals surface area contributed by atoms with Gasteiger partial charge < -0.3 is 15.3 Å². The van der Waals surface area contributed by atoms with Gasteiger partial charge >= 0.3 is 0 Å². The molecule has 0 aromatic heterocycles. The third-order valence-electron chi connectivity index (χ3n) is 8.81. The highest BCUT2D eigenvalue weighted by Gasteiger charge is 2.31. The molecule has 1 saturated heterocycles. The first kappa shape index (κ1) is 26.3. The summed E-state index contributed by atoms with van der Waals surface area (Å²) in [7, 11) is 0. The molecule has 0 spiro atoms. The third kappa shape index (κ3) is 7.85. The van der Waals surface area contributed by atoms with E-state index in [-0.39, 0.29) is 23.4 Å². The van der Waals surface area contributed by atoms with Gasteiger partial charge in [-0.05, 0) is 133 Å². The molecule has 4 rings (SSSR count). The molecule has 35 heavy (non-hydrogen) atoms. The molecule has 1 amide bonds. The van der Waals surface area contributed by atoms with Crippen LogP contribution in [-0.4, -0.2) is 53.0 Å². The molecular weight excluding hydrogens is 443 g/mol. The van der Waals surface area contributed by atoms with Crippen LogP contribution in [0, 0.1) is 23.6 Å². The van der Waals surface area contributed by atoms with Gasteiger partial charge in [-0.15, -0.1) is 0 Å². The number of likely N-dealkylation sites (tertiary alicyclic amines) is 1. The first-order valence-corrected chi connectivity index (χ1v) is 13.8. The second-order valence-electron chi connectivity index (χ2n) is 11.7. The lowest BCUT2D eigenvalue weighted by Gasteiger charge is -2.35. The molecule has 1 aliphatic heterocycles. The van der Waals surface area contributed by atoms with Gasteiger partial charge in [0.25, 0.3) is 0 Å². The number of hydrogen-bond acceptors (Lipinski definition) is 4. The van der Waals surface area contributed by atoms with Crippen LogP contribution in [0.4, 0.5) is 4.39 Å². The standard InChI is InChI=1S/C29H43FN2O3/c1-29(35)15-10-22(11-16-29)20-27(33)31-26-8-2-21(3-9-26)12-17-32-18-13-24(14-19-32)28(34)23-4-6-25(30)7-5-23/h4-7,21-22,24,26,35H,2-3,8-20H2,1H3,(H,31,33)/t21?,22-,26?,29-. The highest BCUT2D eigenvalue weighted by Crippen LogP contribution is 2.34. The molecule has 2 aliphatic carbocycles. The summed E-state index contributed by atoms with van der Waals surface area (Å²) in [6.07, 6.45) is 11.6. The lowest BCUT2D eigenvalue weighted by molar-refractivity contribution is -0.123. The Kier molecular flexibility index (Phi) is 8.98. The van der Waals surface area contributed by atoms with Gasteiger partial charge in [0.2, 0.25) is 5.91 Å². The van der Waals surface area contributed by atoms with E-state index in [0.717, 1.165) is 76.9 Å². The van der Waals surface area contributed by atoms with Crippen LogP contribution in [0.3, 0.4) is 0 Å². The van der Waals surface area contributed by atoms with Crippen LogP contribution in [-0.2, 0) is 4.79 Å². The van der Waals surface area contributed by atoms with Crippen LogP contribution in [0.25, 0.3) is 0 Å². The van der Waals surface area contributed by atoms with Crippen molar-refractivity contribution in [1.82, 2.24) is 10.2 Å². The number of hydrogen-bond donors (Lipinski definition) is 2. The minimum Gasteiger partial charge on any atom is -0.390 e. The van der Waals surface area contributed by atoms with E-state index in [9.17, 15) is 19.1 Å². The minimum absolute atomic E-state index is 0.0533. The van der Waals surface area contributed by atoms with Gasteiger partial charge in [0.05, 0.1) is 5.60 Å². The number of Topliss-reactive ketones (excluding diaryl/α,β-unsaturated/α-hetero) is 1. The molecule has 1 aromatic rings. The zero-order valence-electron chi connectivity index (χ0n) is 21.3. The van der Waals surface area contributed by atoms with Crippen LogP contribution in [0.15, 0.2) is 24.3 Å². The number of ketones is 1. The number of nitrogens with one attached hydrogen (secondary N) is 1. The van der Waals surface area contributed by atoms with Crippen molar-refractivity contribution in [1.29, 1.82) is 0 Å². The smallest absolute Gasteiger partial charge is 0.220 e. The van der Waals surface area contributed by atoms with Gasteiger partial charge in [-0.2, -0.15) is 0 Å². The SMILES string of the molecule is C[C@]1(O)CC[C@H](CC(=O)NC2CCC(CCN3CCC(C(=O)c4ccc(F)cc4)CC3)CC2)CC1. The summed E-state index contributed by atoms with van der Waals surface area (Å²) in [5.74, 6) is 1.24. The Morgan fingerprint density at radius 3 is 2.23 bits per heavy atom. The van der Waals surface area contributed by atoms with Gasteiger partial charge in [-0.25, -0.2) is 4.39 Å². The van der Waals surface area contributed by atoms with Gasteiger partial charge in [0.15, 0.2) is 5.78 Å². The van der Waals surface area contributed by atoms with E-state index in [2.05, 4.69) is 10.2 Å². The Labute approximate surface area is 209 Å². The fourth-order valence-corrected chi connectivity index (χ4v) is 6.28. The van der Waals surface area contributed by atoms with E-state index >= 15 is 0 Å². The molecule has 0 atom stereocenters. The van der Waals surface area contributed by atoms with E-state index in [1.165, 1.54) is 31.4 Å². The molecule has 2 N–H and O–H groups in total. The zero-order chi connectivity index (χ0) is 24.8. The Morgan fingerprint density at radius 1 is 0.971 bits per heavy atom. The van der Waals surface area contributed by atoms with Crippen molar-refractivity contribution < 1.29 is 19.1 Å². The number of rotatable bonds is 8. The summed E-state index contributed by atoms with van der Waals surface area (Å²) in [5, 5.41) is 13.4. The number of nitrogens with zero attached hydrogens (tertiary/aromatic N) is 1. The molecule has 0 unspecified atom stereocenters. The Morgan fingerprint density at radius 2 is 1.60 bits per heavy atom. The predicted octanol–water partition coefficient (Wildman–Crippen LogP) is 5.12. The normalized spacial score (nSPS) is 30.7. The van der Waals surface area contributed by atoms with E-state index < -0.39 is 5.60 Å². The summed E-state index contributed by atoms with van der Waals surface area (Å²) in [5.41, 5.74) is 0.0865. The number of amides is 1. The predicted molar refractivity (Wildman–Crippen MR) is 136 cm³/mol. The van der Waals surface area contributed by atoms with Crippen molar-refractivity contribution in [2.45, 2.75) is 95.6 Å². The molecule has 2 saturated carbocycles. The van der Waals surface area contributed by atoms with E-state index in [4.69, 9.17) is 0 Å². The lowest BCUT2D eigenvalue weighted by Crippen LogP contribution is -2.40. The molecule has 1 heterocycles. The van der Waals surface area contributed by atoms with E-state index in [1.807, 2.05) is 6.92 Å². The fraction of sp³-hybridized carbons (Fsp3) is 0.724. The largest absolute Gasteiger partial charge is 0.390 e. The average molecular weight is 487 g/mol. The molecule has 1 aromatic carbocycles. The molecular formula is C29H43FN2O3. The van der Waals surface area contributed by atoms with Crippen molar-refractivity contribution in [2.75, 3.05) is 19.6 Å². The summed E-state index contributed by atoms with van der Waals surface area (Å²) >= 11 is 0. The number of carbonyl (C=O) groups excluding carboxylic acids is 2. The average Bonchev–Trinajstić information content (AvgIpc) is 2.85. The number of piperidine rings is 1. The Balaban J connectivity index is 1.08. The maximum Gasteiger partial charge on any atom is 0.220 e. The molecule has 194 valence electrons. The zero-order valence-corrected chi connectivity index (χ0v) is 21.3.